The van der Waals surface area contributed by atoms with Gasteiger partial charge in [-0.15, -0.1) is 5.10 Å². The summed E-state index contributed by atoms with van der Waals surface area (Å²) >= 11 is 1.46. The lowest BCUT2D eigenvalue weighted by atomic mass is 9.78. The van der Waals surface area contributed by atoms with E-state index in [9.17, 15) is 0 Å². The first kappa shape index (κ1) is 10.9. The van der Waals surface area contributed by atoms with Gasteiger partial charge in [0.1, 0.15) is 5.00 Å². The zero-order valence-corrected chi connectivity index (χ0v) is 10.3. The number of nitrogens with one attached hydrogen (secondary N) is 1. The van der Waals surface area contributed by atoms with Crippen molar-refractivity contribution < 1.29 is 0 Å². The van der Waals surface area contributed by atoms with Gasteiger partial charge in [0.25, 0.3) is 0 Å². The van der Waals surface area contributed by atoms with E-state index in [0.29, 0.717) is 6.04 Å². The number of aromatic nitrogens is 2. The first-order valence-corrected chi connectivity index (χ1v) is 6.58. The van der Waals surface area contributed by atoms with Crippen molar-refractivity contribution in [2.45, 2.75) is 45.6 Å². The van der Waals surface area contributed by atoms with Gasteiger partial charge in [0.2, 0.25) is 0 Å². The highest BCUT2D eigenvalue weighted by molar-refractivity contribution is 7.09. The van der Waals surface area contributed by atoms with Crippen LogP contribution in [-0.4, -0.2) is 15.6 Å². The maximum Gasteiger partial charge on any atom is 0.130 e. The fraction of sp³-hybridized carbons (Fsp3) is 0.818. The number of nitrogens with zero attached hydrogens (tertiary/aromatic N) is 2. The Labute approximate surface area is 95.4 Å². The fourth-order valence-corrected chi connectivity index (χ4v) is 3.03. The van der Waals surface area contributed by atoms with Gasteiger partial charge < -0.3 is 5.32 Å². The van der Waals surface area contributed by atoms with E-state index in [1.54, 1.807) is 0 Å². The van der Waals surface area contributed by atoms with Crippen LogP contribution in [-0.2, 0) is 0 Å². The van der Waals surface area contributed by atoms with Crippen molar-refractivity contribution in [2.75, 3.05) is 5.32 Å². The fourth-order valence-electron chi connectivity index (χ4n) is 2.55. The molecule has 0 spiro atoms. The Bertz CT molecular complexity index is 284. The van der Waals surface area contributed by atoms with E-state index in [1.807, 2.05) is 6.20 Å². The van der Waals surface area contributed by atoms with E-state index < -0.39 is 0 Å². The van der Waals surface area contributed by atoms with E-state index in [4.69, 9.17) is 0 Å². The summed E-state index contributed by atoms with van der Waals surface area (Å²) in [6.07, 6.45) is 7.23. The third kappa shape index (κ3) is 2.68. The van der Waals surface area contributed by atoms with Gasteiger partial charge in [0.15, 0.2) is 0 Å². The molecule has 0 saturated heterocycles. The molecule has 1 heterocycles. The van der Waals surface area contributed by atoms with Crippen molar-refractivity contribution in [2.24, 2.45) is 11.8 Å². The van der Waals surface area contributed by atoms with Crippen LogP contribution in [0, 0.1) is 11.8 Å². The molecule has 1 N–H and O–H groups in total. The normalized spacial score (nSPS) is 26.9. The van der Waals surface area contributed by atoms with Crippen molar-refractivity contribution in [3.8, 4) is 0 Å². The summed E-state index contributed by atoms with van der Waals surface area (Å²) in [6.45, 7) is 4.66. The highest BCUT2D eigenvalue weighted by Gasteiger charge is 2.27. The average molecular weight is 225 g/mol. The molecule has 15 heavy (non-hydrogen) atoms. The second-order valence-corrected chi connectivity index (χ2v) is 5.51. The predicted molar refractivity (Wildman–Crippen MR) is 64.1 cm³/mol. The van der Waals surface area contributed by atoms with E-state index in [0.717, 1.165) is 16.8 Å². The van der Waals surface area contributed by atoms with Crippen LogP contribution in [0.2, 0.25) is 0 Å². The van der Waals surface area contributed by atoms with Crippen LogP contribution in [0.5, 0.6) is 0 Å². The smallest absolute Gasteiger partial charge is 0.130 e. The third-order valence-electron chi connectivity index (χ3n) is 3.36. The van der Waals surface area contributed by atoms with Gasteiger partial charge in [-0.3, -0.25) is 0 Å². The van der Waals surface area contributed by atoms with Crippen molar-refractivity contribution in [3.63, 3.8) is 0 Å². The summed E-state index contributed by atoms with van der Waals surface area (Å²) in [7, 11) is 0. The van der Waals surface area contributed by atoms with Gasteiger partial charge in [-0.25, -0.2) is 0 Å². The molecule has 0 bridgehead atoms. The molecule has 2 rings (SSSR count). The summed E-state index contributed by atoms with van der Waals surface area (Å²) in [4.78, 5) is 0. The Kier molecular flexibility index (Phi) is 3.57. The highest BCUT2D eigenvalue weighted by Crippen LogP contribution is 2.32. The summed E-state index contributed by atoms with van der Waals surface area (Å²) in [5, 5.41) is 8.57. The summed E-state index contributed by atoms with van der Waals surface area (Å²) in [6, 6.07) is 0.626. The zero-order chi connectivity index (χ0) is 10.7. The van der Waals surface area contributed by atoms with Crippen LogP contribution in [0.3, 0.4) is 0 Å². The highest BCUT2D eigenvalue weighted by atomic mass is 32.1. The summed E-state index contributed by atoms with van der Waals surface area (Å²) in [5.74, 6) is 1.57. The van der Waals surface area contributed by atoms with E-state index in [1.165, 1.54) is 37.2 Å². The Balaban J connectivity index is 1.99. The molecule has 4 heteroatoms. The number of anilines is 1. The molecular weight excluding hydrogens is 206 g/mol. The third-order valence-corrected chi connectivity index (χ3v) is 3.96. The van der Waals surface area contributed by atoms with Crippen molar-refractivity contribution in [3.05, 3.63) is 6.20 Å². The second kappa shape index (κ2) is 4.92. The standard InChI is InChI=1S/C11H19N3S/c1-8(2)9-5-3-4-6-10(9)13-11-7-12-14-15-11/h7-10,13H,3-6H2,1-2H3. The minimum atomic E-state index is 0.626. The topological polar surface area (TPSA) is 37.8 Å². The minimum absolute atomic E-state index is 0.626. The molecule has 1 aliphatic rings. The van der Waals surface area contributed by atoms with Crippen LogP contribution < -0.4 is 5.32 Å². The quantitative estimate of drug-likeness (QED) is 0.858. The van der Waals surface area contributed by atoms with E-state index in [2.05, 4.69) is 28.8 Å². The van der Waals surface area contributed by atoms with Crippen molar-refractivity contribution >= 4 is 16.5 Å². The molecule has 2 unspecified atom stereocenters. The summed E-state index contributed by atoms with van der Waals surface area (Å²) < 4.78 is 3.89. The van der Waals surface area contributed by atoms with Gasteiger partial charge in [-0.2, -0.15) is 0 Å². The summed E-state index contributed by atoms with van der Waals surface area (Å²) in [5.41, 5.74) is 0. The lowest BCUT2D eigenvalue weighted by Gasteiger charge is -2.34. The van der Waals surface area contributed by atoms with Gasteiger partial charge in [-0.1, -0.05) is 31.2 Å². The van der Waals surface area contributed by atoms with E-state index >= 15 is 0 Å². The molecule has 1 fully saturated rings. The molecule has 1 aromatic heterocycles. The molecule has 1 saturated carbocycles. The Morgan fingerprint density at radius 3 is 2.87 bits per heavy atom. The number of hydrogen-bond acceptors (Lipinski definition) is 4. The lowest BCUT2D eigenvalue weighted by Crippen LogP contribution is -2.34. The molecule has 0 radical (unpaired) electrons. The van der Waals surface area contributed by atoms with Crippen molar-refractivity contribution in [1.29, 1.82) is 0 Å². The number of hydrogen-bond donors (Lipinski definition) is 1. The second-order valence-electron chi connectivity index (χ2n) is 4.72. The molecule has 84 valence electrons. The minimum Gasteiger partial charge on any atom is -0.371 e. The predicted octanol–water partition coefficient (Wildman–Crippen LogP) is 3.16. The molecular formula is C11H19N3S. The maximum atomic E-state index is 3.89. The molecule has 0 aromatic carbocycles. The first-order chi connectivity index (χ1) is 7.27. The largest absolute Gasteiger partial charge is 0.371 e. The SMILES string of the molecule is CC(C)C1CCCCC1Nc1cnns1. The Morgan fingerprint density at radius 1 is 1.40 bits per heavy atom. The monoisotopic (exact) mass is 225 g/mol. The zero-order valence-electron chi connectivity index (χ0n) is 9.44. The van der Waals surface area contributed by atoms with Gasteiger partial charge >= 0.3 is 0 Å². The van der Waals surface area contributed by atoms with Gasteiger partial charge in [-0.05, 0) is 24.7 Å². The first-order valence-electron chi connectivity index (χ1n) is 5.81. The van der Waals surface area contributed by atoms with E-state index in [-0.39, 0.29) is 0 Å². The molecule has 3 nitrogen and oxygen atoms in total. The van der Waals surface area contributed by atoms with Gasteiger partial charge in [0, 0.05) is 17.6 Å². The molecule has 1 aromatic rings. The van der Waals surface area contributed by atoms with Crippen LogP contribution in [0.15, 0.2) is 6.20 Å². The molecule has 2 atom stereocenters. The van der Waals surface area contributed by atoms with Crippen LogP contribution in [0.25, 0.3) is 0 Å². The van der Waals surface area contributed by atoms with Crippen molar-refractivity contribution in [1.82, 2.24) is 9.59 Å². The van der Waals surface area contributed by atoms with Crippen LogP contribution in [0.4, 0.5) is 5.00 Å². The molecule has 0 aliphatic heterocycles. The van der Waals surface area contributed by atoms with Crippen LogP contribution >= 0.6 is 11.5 Å². The van der Waals surface area contributed by atoms with Gasteiger partial charge in [0.05, 0.1) is 6.20 Å². The van der Waals surface area contributed by atoms with Crippen LogP contribution in [0.1, 0.15) is 39.5 Å². The Hall–Kier alpha value is -0.640. The molecule has 0 amide bonds. The average Bonchev–Trinajstić information content (AvgIpc) is 2.71. The molecule has 1 aliphatic carbocycles. The Morgan fingerprint density at radius 2 is 2.20 bits per heavy atom. The maximum absolute atomic E-state index is 3.89. The number of rotatable bonds is 3. The lowest BCUT2D eigenvalue weighted by molar-refractivity contribution is 0.254.